The monoisotopic (exact) mass is 172 g/mol. The van der Waals surface area contributed by atoms with E-state index in [4.69, 9.17) is 0 Å². The summed E-state index contributed by atoms with van der Waals surface area (Å²) in [5.74, 6) is 0.725. The minimum atomic E-state index is 0.634. The third-order valence-corrected chi connectivity index (χ3v) is 1.60. The predicted octanol–water partition coefficient (Wildman–Crippen LogP) is 1.15. The number of hydrogen-bond acceptors (Lipinski definition) is 4. The van der Waals surface area contributed by atoms with Crippen molar-refractivity contribution in [2.24, 2.45) is 0 Å². The number of fused-ring (bicyclic) bond motifs is 1. The van der Waals surface area contributed by atoms with Crippen LogP contribution in [0.5, 0.6) is 0 Å². The first-order valence-corrected chi connectivity index (χ1v) is 3.93. The maximum Gasteiger partial charge on any atom is 0.181 e. The molecule has 0 N–H and O–H groups in total. The van der Waals surface area contributed by atoms with Crippen molar-refractivity contribution in [3.63, 3.8) is 0 Å². The van der Waals surface area contributed by atoms with Crippen LogP contribution in [0.15, 0.2) is 31.2 Å². The Morgan fingerprint density at radius 3 is 2.92 bits per heavy atom. The zero-order valence-electron chi connectivity index (χ0n) is 7.01. The highest BCUT2D eigenvalue weighted by Crippen LogP contribution is 2.03. The molecule has 0 aliphatic rings. The zero-order valence-corrected chi connectivity index (χ0v) is 7.01. The molecule has 0 amide bonds. The lowest BCUT2D eigenvalue weighted by Gasteiger charge is -1.96. The SMILES string of the molecule is C=CCc1ncc2nccnc2n1. The third-order valence-electron chi connectivity index (χ3n) is 1.60. The van der Waals surface area contributed by atoms with Crippen LogP contribution >= 0.6 is 0 Å². The van der Waals surface area contributed by atoms with Crippen molar-refractivity contribution in [1.29, 1.82) is 0 Å². The van der Waals surface area contributed by atoms with Gasteiger partial charge in [-0.1, -0.05) is 6.08 Å². The molecule has 4 nitrogen and oxygen atoms in total. The van der Waals surface area contributed by atoms with E-state index in [9.17, 15) is 0 Å². The molecular weight excluding hydrogens is 164 g/mol. The van der Waals surface area contributed by atoms with Gasteiger partial charge in [-0.3, -0.25) is 0 Å². The summed E-state index contributed by atoms with van der Waals surface area (Å²) in [5.41, 5.74) is 1.35. The summed E-state index contributed by atoms with van der Waals surface area (Å²) < 4.78 is 0. The summed E-state index contributed by atoms with van der Waals surface area (Å²) in [6, 6.07) is 0. The number of allylic oxidation sites excluding steroid dienone is 1. The van der Waals surface area contributed by atoms with Gasteiger partial charge in [0.1, 0.15) is 11.3 Å². The molecule has 13 heavy (non-hydrogen) atoms. The van der Waals surface area contributed by atoms with Crippen molar-refractivity contribution in [3.05, 3.63) is 37.1 Å². The normalized spacial score (nSPS) is 10.2. The number of hydrogen-bond donors (Lipinski definition) is 0. The number of aromatic nitrogens is 4. The van der Waals surface area contributed by atoms with Gasteiger partial charge in [0.05, 0.1) is 6.20 Å². The van der Waals surface area contributed by atoms with Gasteiger partial charge in [-0.25, -0.2) is 19.9 Å². The van der Waals surface area contributed by atoms with Gasteiger partial charge < -0.3 is 0 Å². The molecule has 0 saturated heterocycles. The topological polar surface area (TPSA) is 51.6 Å². The first kappa shape index (κ1) is 7.79. The van der Waals surface area contributed by atoms with Gasteiger partial charge in [0, 0.05) is 18.8 Å². The Bertz CT molecular complexity index is 438. The van der Waals surface area contributed by atoms with Crippen LogP contribution in [0.1, 0.15) is 5.82 Å². The van der Waals surface area contributed by atoms with Crippen LogP contribution in [0.25, 0.3) is 11.2 Å². The van der Waals surface area contributed by atoms with Crippen LogP contribution in [-0.2, 0) is 6.42 Å². The molecule has 2 heterocycles. The maximum atomic E-state index is 4.21. The van der Waals surface area contributed by atoms with Gasteiger partial charge in [-0.05, 0) is 0 Å². The first-order chi connectivity index (χ1) is 6.40. The van der Waals surface area contributed by atoms with Crippen molar-refractivity contribution in [3.8, 4) is 0 Å². The van der Waals surface area contributed by atoms with Crippen LogP contribution in [0, 0.1) is 0 Å². The largest absolute Gasteiger partial charge is 0.250 e. The molecule has 0 spiro atoms. The fraction of sp³-hybridized carbons (Fsp3) is 0.111. The van der Waals surface area contributed by atoms with Crippen molar-refractivity contribution < 1.29 is 0 Å². The molecule has 0 fully saturated rings. The molecule has 0 aromatic carbocycles. The predicted molar refractivity (Wildman–Crippen MR) is 49.0 cm³/mol. The Morgan fingerprint density at radius 1 is 1.23 bits per heavy atom. The zero-order chi connectivity index (χ0) is 9.10. The van der Waals surface area contributed by atoms with E-state index < -0.39 is 0 Å². The van der Waals surface area contributed by atoms with Gasteiger partial charge in [0.15, 0.2) is 5.65 Å². The van der Waals surface area contributed by atoms with E-state index in [-0.39, 0.29) is 0 Å². The van der Waals surface area contributed by atoms with E-state index >= 15 is 0 Å². The van der Waals surface area contributed by atoms with E-state index in [0.29, 0.717) is 12.1 Å². The van der Waals surface area contributed by atoms with Crippen LogP contribution < -0.4 is 0 Å². The second-order valence-corrected chi connectivity index (χ2v) is 2.54. The Balaban J connectivity index is 2.55. The van der Waals surface area contributed by atoms with Crippen LogP contribution in [0.2, 0.25) is 0 Å². The van der Waals surface area contributed by atoms with Crippen molar-refractivity contribution in [1.82, 2.24) is 19.9 Å². The second-order valence-electron chi connectivity index (χ2n) is 2.54. The van der Waals surface area contributed by atoms with Gasteiger partial charge in [-0.15, -0.1) is 6.58 Å². The Hall–Kier alpha value is -1.84. The summed E-state index contributed by atoms with van der Waals surface area (Å²) in [6.07, 6.45) is 7.34. The van der Waals surface area contributed by atoms with E-state index in [1.807, 2.05) is 0 Å². The lowest BCUT2D eigenvalue weighted by Crippen LogP contribution is -1.95. The molecule has 64 valence electrons. The van der Waals surface area contributed by atoms with E-state index in [1.54, 1.807) is 24.7 Å². The quantitative estimate of drug-likeness (QED) is 0.637. The molecule has 0 atom stereocenters. The van der Waals surface area contributed by atoms with Gasteiger partial charge in [-0.2, -0.15) is 0 Å². The molecule has 2 rings (SSSR count). The summed E-state index contributed by atoms with van der Waals surface area (Å²) in [6.45, 7) is 3.62. The molecular formula is C9H8N4. The first-order valence-electron chi connectivity index (χ1n) is 3.93. The van der Waals surface area contributed by atoms with E-state index in [1.165, 1.54) is 0 Å². The molecule has 0 aliphatic carbocycles. The molecule has 4 heteroatoms. The highest BCUT2D eigenvalue weighted by molar-refractivity contribution is 5.67. The summed E-state index contributed by atoms with van der Waals surface area (Å²) >= 11 is 0. The lowest BCUT2D eigenvalue weighted by atomic mass is 10.4. The minimum Gasteiger partial charge on any atom is -0.250 e. The fourth-order valence-electron chi connectivity index (χ4n) is 1.03. The Labute approximate surface area is 75.4 Å². The summed E-state index contributed by atoms with van der Waals surface area (Å²) in [7, 11) is 0. The van der Waals surface area contributed by atoms with Crippen molar-refractivity contribution >= 4 is 11.2 Å². The standard InChI is InChI=1S/C9H8N4/c1-2-3-8-12-6-7-9(13-8)11-5-4-10-7/h2,4-6H,1,3H2. The summed E-state index contributed by atoms with van der Waals surface area (Å²) in [4.78, 5) is 16.5. The summed E-state index contributed by atoms with van der Waals surface area (Å²) in [5, 5.41) is 0. The molecule has 0 bridgehead atoms. The molecule has 0 saturated carbocycles. The van der Waals surface area contributed by atoms with E-state index in [2.05, 4.69) is 26.5 Å². The molecule has 0 unspecified atom stereocenters. The number of nitrogens with zero attached hydrogens (tertiary/aromatic N) is 4. The smallest absolute Gasteiger partial charge is 0.181 e. The highest BCUT2D eigenvalue weighted by atomic mass is 15.0. The molecule has 2 aromatic heterocycles. The fourth-order valence-corrected chi connectivity index (χ4v) is 1.03. The van der Waals surface area contributed by atoms with Crippen molar-refractivity contribution in [2.45, 2.75) is 6.42 Å². The Morgan fingerprint density at radius 2 is 2.08 bits per heavy atom. The Kier molecular flexibility index (Phi) is 1.96. The minimum absolute atomic E-state index is 0.634. The molecule has 2 aromatic rings. The molecule has 0 aliphatic heterocycles. The van der Waals surface area contributed by atoms with E-state index in [0.717, 1.165) is 11.3 Å². The lowest BCUT2D eigenvalue weighted by molar-refractivity contribution is 0.999. The van der Waals surface area contributed by atoms with Gasteiger partial charge in [0.2, 0.25) is 0 Å². The number of rotatable bonds is 2. The van der Waals surface area contributed by atoms with Crippen LogP contribution in [0.4, 0.5) is 0 Å². The maximum absolute atomic E-state index is 4.21. The average Bonchev–Trinajstić information content (AvgIpc) is 2.18. The van der Waals surface area contributed by atoms with Crippen molar-refractivity contribution in [2.75, 3.05) is 0 Å². The van der Waals surface area contributed by atoms with Crippen LogP contribution in [-0.4, -0.2) is 19.9 Å². The van der Waals surface area contributed by atoms with Gasteiger partial charge >= 0.3 is 0 Å². The highest BCUT2D eigenvalue weighted by Gasteiger charge is 1.98. The van der Waals surface area contributed by atoms with Crippen LogP contribution in [0.3, 0.4) is 0 Å². The molecule has 0 radical (unpaired) electrons. The second kappa shape index (κ2) is 3.26. The third kappa shape index (κ3) is 1.51. The van der Waals surface area contributed by atoms with Gasteiger partial charge in [0.25, 0.3) is 0 Å². The average molecular weight is 172 g/mol.